The third-order valence-corrected chi connectivity index (χ3v) is 3.21. The maximum atomic E-state index is 9.15. The van der Waals surface area contributed by atoms with Crippen LogP contribution in [0.15, 0.2) is 24.3 Å². The van der Waals surface area contributed by atoms with Crippen molar-refractivity contribution in [3.05, 3.63) is 29.8 Å². The fourth-order valence-electron chi connectivity index (χ4n) is 1.95. The molecule has 0 saturated carbocycles. The van der Waals surface area contributed by atoms with E-state index in [4.69, 9.17) is 29.1 Å². The number of phosphoric acid groups is 1. The second-order valence-electron chi connectivity index (χ2n) is 5.66. The number of phenolic OH excluding ortho intramolecular Hbond substituents is 1. The van der Waals surface area contributed by atoms with Crippen LogP contribution in [0.25, 0.3) is 0 Å². The van der Waals surface area contributed by atoms with Crippen LogP contribution in [-0.2, 0) is 20.5 Å². The number of ether oxygens (including phenoxy) is 1. The van der Waals surface area contributed by atoms with E-state index in [0.29, 0.717) is 5.75 Å². The SMILES string of the molecule is C1CO1.C=O.CCCCCCCCCc1ccc(O)cc1.O=P(O)(O)O. The second-order valence-corrected chi connectivity index (χ2v) is 6.69. The summed E-state index contributed by atoms with van der Waals surface area (Å²) in [5, 5.41) is 9.15. The van der Waals surface area contributed by atoms with E-state index >= 15 is 0 Å². The number of phenols is 1. The van der Waals surface area contributed by atoms with E-state index in [1.54, 1.807) is 12.1 Å². The first-order chi connectivity index (χ1) is 12.3. The Morgan fingerprint density at radius 3 is 1.69 bits per heavy atom. The molecule has 2 rings (SSSR count). The molecular weight excluding hydrogens is 359 g/mol. The number of carbonyl (C=O) groups excluding carboxylic acids is 1. The van der Waals surface area contributed by atoms with Crippen molar-refractivity contribution in [2.75, 3.05) is 13.2 Å². The predicted octanol–water partition coefficient (Wildman–Crippen LogP) is 3.59. The molecule has 0 aromatic heterocycles. The lowest BCUT2D eigenvalue weighted by Crippen LogP contribution is -1.85. The molecule has 1 fully saturated rings. The number of aromatic hydroxyl groups is 1. The van der Waals surface area contributed by atoms with Gasteiger partial charge in [-0.3, -0.25) is 0 Å². The second kappa shape index (κ2) is 18.5. The number of unbranched alkanes of at least 4 members (excludes halogenated alkanes) is 6. The van der Waals surface area contributed by atoms with Gasteiger partial charge in [-0.1, -0.05) is 57.6 Å². The van der Waals surface area contributed by atoms with Crippen molar-refractivity contribution in [2.24, 2.45) is 0 Å². The van der Waals surface area contributed by atoms with Gasteiger partial charge in [0.05, 0.1) is 13.2 Å². The Hall–Kier alpha value is -1.24. The molecule has 1 aliphatic heterocycles. The molecule has 152 valence electrons. The van der Waals surface area contributed by atoms with Gasteiger partial charge in [0, 0.05) is 0 Å². The summed E-state index contributed by atoms with van der Waals surface area (Å²) in [5.74, 6) is 0.364. The third-order valence-electron chi connectivity index (χ3n) is 3.21. The Morgan fingerprint density at radius 1 is 0.923 bits per heavy atom. The fraction of sp³-hybridized carbons (Fsp3) is 0.611. The van der Waals surface area contributed by atoms with Crippen LogP contribution in [0.3, 0.4) is 0 Å². The van der Waals surface area contributed by atoms with Crippen LogP contribution in [0.4, 0.5) is 0 Å². The van der Waals surface area contributed by atoms with E-state index in [0.717, 1.165) is 19.6 Å². The van der Waals surface area contributed by atoms with Crippen molar-refractivity contribution in [2.45, 2.75) is 58.3 Å². The molecule has 0 amide bonds. The minimum atomic E-state index is -4.64. The fourth-order valence-corrected chi connectivity index (χ4v) is 1.95. The van der Waals surface area contributed by atoms with E-state index in [1.807, 2.05) is 18.9 Å². The van der Waals surface area contributed by atoms with Crippen molar-refractivity contribution < 1.29 is 33.9 Å². The highest BCUT2D eigenvalue weighted by Crippen LogP contribution is 2.25. The molecule has 26 heavy (non-hydrogen) atoms. The summed E-state index contributed by atoms with van der Waals surface area (Å²) in [4.78, 5) is 29.6. The van der Waals surface area contributed by atoms with Gasteiger partial charge < -0.3 is 29.3 Å². The van der Waals surface area contributed by atoms with Crippen molar-refractivity contribution in [3.8, 4) is 5.75 Å². The quantitative estimate of drug-likeness (QED) is 0.302. The molecule has 0 aliphatic carbocycles. The van der Waals surface area contributed by atoms with E-state index in [-0.39, 0.29) is 0 Å². The number of aryl methyl sites for hydroxylation is 1. The molecular formula is C18H33O7P. The van der Waals surface area contributed by atoms with Crippen LogP contribution >= 0.6 is 7.82 Å². The molecule has 7 nitrogen and oxygen atoms in total. The van der Waals surface area contributed by atoms with E-state index in [2.05, 4.69) is 11.7 Å². The Kier molecular flexibility index (Phi) is 19.2. The van der Waals surface area contributed by atoms with Gasteiger partial charge in [-0.25, -0.2) is 4.57 Å². The van der Waals surface area contributed by atoms with Crippen LogP contribution in [0, 0.1) is 0 Å². The lowest BCUT2D eigenvalue weighted by atomic mass is 10.0. The molecule has 8 heteroatoms. The smallest absolute Gasteiger partial charge is 0.466 e. The van der Waals surface area contributed by atoms with Crippen LogP contribution in [-0.4, -0.2) is 39.8 Å². The number of hydrogen-bond donors (Lipinski definition) is 4. The number of carbonyl (C=O) groups is 1. The molecule has 0 spiro atoms. The first-order valence-electron chi connectivity index (χ1n) is 8.75. The summed E-state index contributed by atoms with van der Waals surface area (Å²) >= 11 is 0. The largest absolute Gasteiger partial charge is 0.508 e. The minimum absolute atomic E-state index is 0.364. The summed E-state index contributed by atoms with van der Waals surface area (Å²) in [7, 11) is -4.64. The monoisotopic (exact) mass is 392 g/mol. The average Bonchev–Trinajstić information content (AvgIpc) is 3.45. The van der Waals surface area contributed by atoms with Crippen LogP contribution in [0.1, 0.15) is 57.4 Å². The highest BCUT2D eigenvalue weighted by atomic mass is 31.2. The topological polar surface area (TPSA) is 128 Å². The zero-order valence-corrected chi connectivity index (χ0v) is 16.4. The standard InChI is InChI=1S/C15H24O.C2H4O.CH2O.H3O4P/c1-2-3-4-5-6-7-8-9-14-10-12-15(16)13-11-14;1-2-3-1;1-2;1-5(2,3)4/h10-13,16H,2-9H2,1H3;1-2H2;1H2;(H3,1,2,3,4). The number of hydrogen-bond acceptors (Lipinski definition) is 4. The van der Waals surface area contributed by atoms with Gasteiger partial charge in [-0.15, -0.1) is 0 Å². The minimum Gasteiger partial charge on any atom is -0.508 e. The first kappa shape index (κ1) is 27.0. The van der Waals surface area contributed by atoms with E-state index < -0.39 is 7.82 Å². The van der Waals surface area contributed by atoms with Crippen molar-refractivity contribution in [3.63, 3.8) is 0 Å². The molecule has 4 N–H and O–H groups in total. The van der Waals surface area contributed by atoms with Gasteiger partial charge in [0.25, 0.3) is 0 Å². The summed E-state index contributed by atoms with van der Waals surface area (Å²) < 4.78 is 13.4. The number of epoxide rings is 1. The van der Waals surface area contributed by atoms with Gasteiger partial charge in [0.2, 0.25) is 0 Å². The molecule has 1 saturated heterocycles. The van der Waals surface area contributed by atoms with Crippen LogP contribution in [0.2, 0.25) is 0 Å². The Labute approximate surface area is 156 Å². The van der Waals surface area contributed by atoms with Gasteiger partial charge in [0.15, 0.2) is 0 Å². The lowest BCUT2D eigenvalue weighted by Gasteiger charge is -2.02. The molecule has 1 aromatic carbocycles. The highest BCUT2D eigenvalue weighted by Gasteiger charge is 2.00. The summed E-state index contributed by atoms with van der Waals surface area (Å²) in [5.41, 5.74) is 1.34. The zero-order chi connectivity index (χ0) is 20.3. The van der Waals surface area contributed by atoms with Crippen LogP contribution in [0.5, 0.6) is 5.75 Å². The predicted molar refractivity (Wildman–Crippen MR) is 102 cm³/mol. The Bertz CT molecular complexity index is 446. The third kappa shape index (κ3) is 30.6. The summed E-state index contributed by atoms with van der Waals surface area (Å²) in [6.45, 7) is 6.25. The normalized spacial score (nSPS) is 11.7. The van der Waals surface area contributed by atoms with E-state index in [1.165, 1.54) is 50.5 Å². The van der Waals surface area contributed by atoms with Crippen LogP contribution < -0.4 is 0 Å². The number of rotatable bonds is 8. The summed E-state index contributed by atoms with van der Waals surface area (Å²) in [6.07, 6.45) is 10.6. The average molecular weight is 392 g/mol. The lowest BCUT2D eigenvalue weighted by molar-refractivity contribution is -0.0980. The molecule has 0 unspecified atom stereocenters. The van der Waals surface area contributed by atoms with Crippen molar-refractivity contribution in [1.82, 2.24) is 0 Å². The Balaban J connectivity index is 0. The Morgan fingerprint density at radius 2 is 1.31 bits per heavy atom. The zero-order valence-electron chi connectivity index (χ0n) is 15.5. The molecule has 1 aromatic rings. The summed E-state index contributed by atoms with van der Waals surface area (Å²) in [6, 6.07) is 7.59. The highest BCUT2D eigenvalue weighted by molar-refractivity contribution is 7.45. The molecule has 1 heterocycles. The van der Waals surface area contributed by atoms with Gasteiger partial charge in [-0.05, 0) is 30.5 Å². The molecule has 0 atom stereocenters. The molecule has 1 aliphatic rings. The van der Waals surface area contributed by atoms with Gasteiger partial charge in [0.1, 0.15) is 12.5 Å². The molecule has 0 bridgehead atoms. The molecule has 0 radical (unpaired) electrons. The van der Waals surface area contributed by atoms with Crippen molar-refractivity contribution >= 4 is 14.6 Å². The van der Waals surface area contributed by atoms with Gasteiger partial charge in [-0.2, -0.15) is 0 Å². The maximum Gasteiger partial charge on any atom is 0.466 e. The van der Waals surface area contributed by atoms with Gasteiger partial charge >= 0.3 is 7.82 Å². The maximum absolute atomic E-state index is 9.15. The number of benzene rings is 1. The van der Waals surface area contributed by atoms with Crippen molar-refractivity contribution in [1.29, 1.82) is 0 Å². The van der Waals surface area contributed by atoms with E-state index in [9.17, 15) is 0 Å². The first-order valence-corrected chi connectivity index (χ1v) is 10.3.